The molecule has 1 aromatic heterocycles. The monoisotopic (exact) mass is 243 g/mol. The number of nitrogens with zero attached hydrogens (tertiary/aromatic N) is 1. The molecule has 0 fully saturated rings. The van der Waals surface area contributed by atoms with E-state index in [4.69, 9.17) is 11.5 Å². The van der Waals surface area contributed by atoms with Crippen LogP contribution in [0.1, 0.15) is 5.69 Å². The van der Waals surface area contributed by atoms with Crippen LogP contribution in [-0.2, 0) is 11.2 Å². The van der Waals surface area contributed by atoms with Crippen LogP contribution >= 0.6 is 15.9 Å². The molecular weight excluding hydrogens is 234 g/mol. The Morgan fingerprint density at radius 1 is 1.69 bits per heavy atom. The summed E-state index contributed by atoms with van der Waals surface area (Å²) in [6.45, 7) is 0. The van der Waals surface area contributed by atoms with Crippen LogP contribution in [0.5, 0.6) is 0 Å². The van der Waals surface area contributed by atoms with Crippen LogP contribution < -0.4 is 11.5 Å². The van der Waals surface area contributed by atoms with Gasteiger partial charge in [0.1, 0.15) is 0 Å². The highest BCUT2D eigenvalue weighted by molar-refractivity contribution is 9.10. The normalized spacial score (nSPS) is 12.5. The zero-order chi connectivity index (χ0) is 9.84. The van der Waals surface area contributed by atoms with Crippen molar-refractivity contribution in [1.29, 1.82) is 0 Å². The Hall–Kier alpha value is -0.940. The van der Waals surface area contributed by atoms with Gasteiger partial charge in [0.2, 0.25) is 5.91 Å². The fourth-order valence-corrected chi connectivity index (χ4v) is 1.29. The number of halogens is 1. The van der Waals surface area contributed by atoms with Crippen LogP contribution in [0, 0.1) is 0 Å². The Balaban J connectivity index is 2.74. The van der Waals surface area contributed by atoms with Crippen molar-refractivity contribution >= 4 is 21.8 Å². The average molecular weight is 244 g/mol. The lowest BCUT2D eigenvalue weighted by Crippen LogP contribution is -2.38. The summed E-state index contributed by atoms with van der Waals surface area (Å²) >= 11 is 3.30. The molecule has 0 aliphatic rings. The topological polar surface area (TPSA) is 82.0 Å². The molecule has 0 aliphatic heterocycles. The number of amides is 1. The van der Waals surface area contributed by atoms with Gasteiger partial charge in [-0.1, -0.05) is 0 Å². The highest BCUT2D eigenvalue weighted by Gasteiger charge is 2.12. The minimum atomic E-state index is -0.675. The van der Waals surface area contributed by atoms with Gasteiger partial charge in [-0.2, -0.15) is 0 Å². The van der Waals surface area contributed by atoms with E-state index >= 15 is 0 Å². The van der Waals surface area contributed by atoms with Crippen LogP contribution in [-0.4, -0.2) is 16.9 Å². The maximum atomic E-state index is 10.7. The lowest BCUT2D eigenvalue weighted by atomic mass is 10.1. The molecule has 0 spiro atoms. The van der Waals surface area contributed by atoms with E-state index in [1.54, 1.807) is 12.3 Å². The molecule has 13 heavy (non-hydrogen) atoms. The molecule has 1 atom stereocenters. The summed E-state index contributed by atoms with van der Waals surface area (Å²) in [7, 11) is 0. The van der Waals surface area contributed by atoms with E-state index in [1.807, 2.05) is 6.07 Å². The van der Waals surface area contributed by atoms with Gasteiger partial charge in [0, 0.05) is 17.1 Å². The van der Waals surface area contributed by atoms with Gasteiger partial charge < -0.3 is 11.5 Å². The van der Waals surface area contributed by atoms with Crippen molar-refractivity contribution in [2.45, 2.75) is 12.5 Å². The van der Waals surface area contributed by atoms with Crippen molar-refractivity contribution in [1.82, 2.24) is 4.98 Å². The number of rotatable bonds is 3. The SMILES string of the molecule is NC(=O)C(N)Cc1ncccc1Br. The number of hydrogen-bond acceptors (Lipinski definition) is 3. The van der Waals surface area contributed by atoms with E-state index in [-0.39, 0.29) is 0 Å². The molecule has 1 heterocycles. The van der Waals surface area contributed by atoms with Crippen molar-refractivity contribution in [3.8, 4) is 0 Å². The Labute approximate surface area is 84.5 Å². The maximum absolute atomic E-state index is 10.7. The third kappa shape index (κ3) is 2.78. The quantitative estimate of drug-likeness (QED) is 0.796. The summed E-state index contributed by atoms with van der Waals surface area (Å²) in [4.78, 5) is 14.7. The first-order chi connectivity index (χ1) is 6.11. The summed E-state index contributed by atoms with van der Waals surface area (Å²) in [5.41, 5.74) is 11.3. The molecule has 1 unspecified atom stereocenters. The molecule has 1 amide bonds. The second-order valence-electron chi connectivity index (χ2n) is 2.64. The highest BCUT2D eigenvalue weighted by atomic mass is 79.9. The highest BCUT2D eigenvalue weighted by Crippen LogP contribution is 2.14. The molecule has 0 bridgehead atoms. The predicted molar refractivity (Wildman–Crippen MR) is 52.8 cm³/mol. The molecule has 0 aliphatic carbocycles. The molecule has 0 saturated heterocycles. The molecule has 1 rings (SSSR count). The minimum Gasteiger partial charge on any atom is -0.368 e. The molecule has 0 saturated carbocycles. The van der Waals surface area contributed by atoms with Crippen molar-refractivity contribution in [3.63, 3.8) is 0 Å². The van der Waals surface area contributed by atoms with Gasteiger partial charge in [-0.25, -0.2) is 0 Å². The molecule has 4 N–H and O–H groups in total. The second-order valence-corrected chi connectivity index (χ2v) is 3.50. The third-order valence-corrected chi connectivity index (χ3v) is 2.34. The van der Waals surface area contributed by atoms with Gasteiger partial charge in [-0.05, 0) is 28.1 Å². The average Bonchev–Trinajstić information content (AvgIpc) is 2.08. The van der Waals surface area contributed by atoms with E-state index in [0.717, 1.165) is 10.2 Å². The number of primary amides is 1. The Morgan fingerprint density at radius 3 is 2.92 bits per heavy atom. The van der Waals surface area contributed by atoms with E-state index in [9.17, 15) is 4.79 Å². The van der Waals surface area contributed by atoms with Gasteiger partial charge in [-0.3, -0.25) is 9.78 Å². The van der Waals surface area contributed by atoms with Gasteiger partial charge in [-0.15, -0.1) is 0 Å². The van der Waals surface area contributed by atoms with Crippen molar-refractivity contribution in [2.75, 3.05) is 0 Å². The lowest BCUT2D eigenvalue weighted by Gasteiger charge is -2.07. The fraction of sp³-hybridized carbons (Fsp3) is 0.250. The number of aromatic nitrogens is 1. The molecule has 70 valence electrons. The Bertz CT molecular complexity index is 316. The minimum absolute atomic E-state index is 0.358. The van der Waals surface area contributed by atoms with E-state index in [0.29, 0.717) is 6.42 Å². The third-order valence-electron chi connectivity index (χ3n) is 1.61. The first kappa shape index (κ1) is 10.1. The number of carbonyl (C=O) groups excluding carboxylic acids is 1. The first-order valence-electron chi connectivity index (χ1n) is 3.75. The first-order valence-corrected chi connectivity index (χ1v) is 4.55. The van der Waals surface area contributed by atoms with E-state index < -0.39 is 11.9 Å². The van der Waals surface area contributed by atoms with Crippen LogP contribution in [0.25, 0.3) is 0 Å². The Morgan fingerprint density at radius 2 is 2.38 bits per heavy atom. The summed E-state index contributed by atoms with van der Waals surface area (Å²) < 4.78 is 0.840. The molecule has 1 aromatic rings. The number of nitrogens with two attached hydrogens (primary N) is 2. The summed E-state index contributed by atoms with van der Waals surface area (Å²) in [5, 5.41) is 0. The van der Waals surface area contributed by atoms with E-state index in [2.05, 4.69) is 20.9 Å². The smallest absolute Gasteiger partial charge is 0.234 e. The van der Waals surface area contributed by atoms with Crippen LogP contribution in [0.4, 0.5) is 0 Å². The number of hydrogen-bond donors (Lipinski definition) is 2. The van der Waals surface area contributed by atoms with Gasteiger partial charge in [0.25, 0.3) is 0 Å². The van der Waals surface area contributed by atoms with Crippen molar-refractivity contribution in [3.05, 3.63) is 28.5 Å². The molecule has 0 aromatic carbocycles. The zero-order valence-electron chi connectivity index (χ0n) is 6.90. The van der Waals surface area contributed by atoms with Crippen LogP contribution in [0.15, 0.2) is 22.8 Å². The summed E-state index contributed by atoms with van der Waals surface area (Å²) in [5.74, 6) is -0.516. The van der Waals surface area contributed by atoms with Gasteiger partial charge >= 0.3 is 0 Å². The van der Waals surface area contributed by atoms with E-state index in [1.165, 1.54) is 0 Å². The van der Waals surface area contributed by atoms with Crippen molar-refractivity contribution < 1.29 is 4.79 Å². The van der Waals surface area contributed by atoms with Crippen molar-refractivity contribution in [2.24, 2.45) is 11.5 Å². The molecule has 5 heteroatoms. The predicted octanol–water partition coefficient (Wildman–Crippen LogP) is 0.199. The van der Waals surface area contributed by atoms with Gasteiger partial charge in [0.05, 0.1) is 11.7 Å². The maximum Gasteiger partial charge on any atom is 0.234 e. The fourth-order valence-electron chi connectivity index (χ4n) is 0.877. The summed E-state index contributed by atoms with van der Waals surface area (Å²) in [6.07, 6.45) is 2.00. The Kier molecular flexibility index (Phi) is 3.39. The molecule has 0 radical (unpaired) electrons. The molecular formula is C8H10BrN3O. The number of carbonyl (C=O) groups is 1. The molecule has 4 nitrogen and oxygen atoms in total. The largest absolute Gasteiger partial charge is 0.368 e. The number of pyridine rings is 1. The van der Waals surface area contributed by atoms with Gasteiger partial charge in [0.15, 0.2) is 0 Å². The van der Waals surface area contributed by atoms with Crippen LogP contribution in [0.3, 0.4) is 0 Å². The zero-order valence-corrected chi connectivity index (χ0v) is 8.49. The summed E-state index contributed by atoms with van der Waals surface area (Å²) in [6, 6.07) is 2.96. The lowest BCUT2D eigenvalue weighted by molar-refractivity contribution is -0.119. The van der Waals surface area contributed by atoms with Crippen LogP contribution in [0.2, 0.25) is 0 Å². The second kappa shape index (κ2) is 4.34. The standard InChI is InChI=1S/C8H10BrN3O/c9-5-2-1-3-12-7(5)4-6(10)8(11)13/h1-3,6H,4,10H2,(H2,11,13).